The number of piperidine rings is 1. The molecule has 0 aromatic heterocycles. The van der Waals surface area contributed by atoms with Gasteiger partial charge in [0.2, 0.25) is 0 Å². The monoisotopic (exact) mass is 290 g/mol. The molecule has 116 valence electrons. The molecule has 0 radical (unpaired) electrons. The summed E-state index contributed by atoms with van der Waals surface area (Å²) in [4.78, 5) is 14.0. The van der Waals surface area contributed by atoms with E-state index in [2.05, 4.69) is 22.6 Å². The van der Waals surface area contributed by atoms with Crippen LogP contribution in [0.4, 0.5) is 0 Å². The van der Waals surface area contributed by atoms with Gasteiger partial charge in [-0.05, 0) is 56.6 Å². The summed E-state index contributed by atoms with van der Waals surface area (Å²) >= 11 is 0. The number of carbonyl (C=O) groups excluding carboxylic acids is 1. The van der Waals surface area contributed by atoms with Gasteiger partial charge in [0, 0.05) is 18.2 Å². The Hall–Kier alpha value is -1.43. The minimum Gasteiger partial charge on any atom is -0.317 e. The fraction of sp³-hybridized carbons (Fsp3) is 0.562. The highest BCUT2D eigenvalue weighted by atomic mass is 16.2. The second-order valence-corrected chi connectivity index (χ2v) is 5.62. The average molecular weight is 290 g/mol. The van der Waals surface area contributed by atoms with Gasteiger partial charge in [-0.1, -0.05) is 19.1 Å². The van der Waals surface area contributed by atoms with E-state index in [0.29, 0.717) is 11.6 Å². The first-order chi connectivity index (χ1) is 10.2. The quantitative estimate of drug-likeness (QED) is 0.419. The summed E-state index contributed by atoms with van der Waals surface area (Å²) in [6.45, 7) is 6.52. The number of hydrogen-bond donors (Lipinski definition) is 3. The zero-order valence-electron chi connectivity index (χ0n) is 12.8. The van der Waals surface area contributed by atoms with E-state index < -0.39 is 0 Å². The maximum Gasteiger partial charge on any atom is 0.265 e. The number of hydrogen-bond acceptors (Lipinski definition) is 4. The van der Waals surface area contributed by atoms with E-state index in [4.69, 9.17) is 5.84 Å². The average Bonchev–Trinajstić information content (AvgIpc) is 2.55. The van der Waals surface area contributed by atoms with Crippen LogP contribution in [-0.2, 0) is 6.54 Å². The van der Waals surface area contributed by atoms with E-state index in [-0.39, 0.29) is 5.91 Å². The molecule has 5 heteroatoms. The molecule has 1 aromatic rings. The summed E-state index contributed by atoms with van der Waals surface area (Å²) in [5.74, 6) is 4.90. The van der Waals surface area contributed by atoms with Crippen molar-refractivity contribution in [3.05, 3.63) is 35.4 Å². The fourth-order valence-electron chi connectivity index (χ4n) is 2.93. The van der Waals surface area contributed by atoms with Gasteiger partial charge >= 0.3 is 0 Å². The van der Waals surface area contributed by atoms with Crippen LogP contribution in [0.2, 0.25) is 0 Å². The third kappa shape index (κ3) is 4.52. The maximum atomic E-state index is 11.4. The van der Waals surface area contributed by atoms with Crippen molar-refractivity contribution in [2.24, 2.45) is 5.84 Å². The van der Waals surface area contributed by atoms with Crippen LogP contribution in [0, 0.1) is 0 Å². The summed E-state index contributed by atoms with van der Waals surface area (Å²) in [5, 5.41) is 3.42. The van der Waals surface area contributed by atoms with E-state index in [9.17, 15) is 4.79 Å². The van der Waals surface area contributed by atoms with Crippen LogP contribution < -0.4 is 16.6 Å². The van der Waals surface area contributed by atoms with Gasteiger partial charge in [-0.25, -0.2) is 5.84 Å². The topological polar surface area (TPSA) is 70.4 Å². The van der Waals surface area contributed by atoms with E-state index in [1.165, 1.54) is 18.4 Å². The molecule has 2 rings (SSSR count). The first kappa shape index (κ1) is 15.9. The third-order valence-electron chi connectivity index (χ3n) is 4.07. The highest BCUT2D eigenvalue weighted by molar-refractivity contribution is 5.93. The predicted octanol–water partition coefficient (Wildman–Crippen LogP) is 1.25. The van der Waals surface area contributed by atoms with Gasteiger partial charge < -0.3 is 5.32 Å². The van der Waals surface area contributed by atoms with Crippen LogP contribution >= 0.6 is 0 Å². The normalized spacial score (nSPS) is 16.1. The molecule has 0 spiro atoms. The summed E-state index contributed by atoms with van der Waals surface area (Å²) in [7, 11) is 0. The second kappa shape index (κ2) is 8.12. The fourth-order valence-corrected chi connectivity index (χ4v) is 2.93. The van der Waals surface area contributed by atoms with Crippen molar-refractivity contribution >= 4 is 5.91 Å². The van der Waals surface area contributed by atoms with Gasteiger partial charge in [0.15, 0.2) is 0 Å². The number of nitrogens with two attached hydrogens (primary N) is 1. The third-order valence-corrected chi connectivity index (χ3v) is 4.07. The Bertz CT molecular complexity index is 440. The lowest BCUT2D eigenvalue weighted by Crippen LogP contribution is -2.43. The second-order valence-electron chi connectivity index (χ2n) is 5.62. The van der Waals surface area contributed by atoms with Crippen molar-refractivity contribution in [1.29, 1.82) is 0 Å². The highest BCUT2D eigenvalue weighted by Gasteiger charge is 2.20. The molecular formula is C16H26N4O. The van der Waals surface area contributed by atoms with E-state index >= 15 is 0 Å². The molecule has 1 fully saturated rings. The predicted molar refractivity (Wildman–Crippen MR) is 84.7 cm³/mol. The maximum absolute atomic E-state index is 11.4. The molecule has 1 amide bonds. The number of amides is 1. The number of benzene rings is 1. The molecule has 1 heterocycles. The molecule has 1 saturated heterocycles. The van der Waals surface area contributed by atoms with Crippen LogP contribution in [0.3, 0.4) is 0 Å². The van der Waals surface area contributed by atoms with Gasteiger partial charge in [-0.15, -0.1) is 0 Å². The minimum absolute atomic E-state index is 0.245. The van der Waals surface area contributed by atoms with Gasteiger partial charge in [0.25, 0.3) is 5.91 Å². The van der Waals surface area contributed by atoms with Crippen LogP contribution in [-0.4, -0.2) is 36.5 Å². The van der Waals surface area contributed by atoms with Gasteiger partial charge in [-0.3, -0.25) is 15.1 Å². The number of hydrazine groups is 1. The summed E-state index contributed by atoms with van der Waals surface area (Å²) in [6, 6.07) is 8.38. The number of nitrogens with one attached hydrogen (secondary N) is 2. The van der Waals surface area contributed by atoms with Crippen molar-refractivity contribution in [2.45, 2.75) is 38.8 Å². The van der Waals surface area contributed by atoms with Gasteiger partial charge in [-0.2, -0.15) is 0 Å². The van der Waals surface area contributed by atoms with Crippen LogP contribution in [0.5, 0.6) is 0 Å². The number of nitrogens with zero attached hydrogens (tertiary/aromatic N) is 1. The Kier molecular flexibility index (Phi) is 6.17. The van der Waals surface area contributed by atoms with E-state index in [0.717, 1.165) is 32.6 Å². The van der Waals surface area contributed by atoms with Gasteiger partial charge in [0.05, 0.1) is 0 Å². The Morgan fingerprint density at radius 3 is 2.57 bits per heavy atom. The van der Waals surface area contributed by atoms with Crippen molar-refractivity contribution in [2.75, 3.05) is 19.6 Å². The molecule has 1 aliphatic heterocycles. The Morgan fingerprint density at radius 1 is 1.33 bits per heavy atom. The molecule has 1 aliphatic rings. The summed E-state index contributed by atoms with van der Waals surface area (Å²) in [5.41, 5.74) is 4.01. The molecule has 1 aromatic carbocycles. The minimum atomic E-state index is -0.245. The molecule has 0 bridgehead atoms. The molecule has 4 N–H and O–H groups in total. The van der Waals surface area contributed by atoms with Crippen molar-refractivity contribution in [3.8, 4) is 0 Å². The molecule has 0 saturated carbocycles. The summed E-state index contributed by atoms with van der Waals surface area (Å²) in [6.07, 6.45) is 3.60. The van der Waals surface area contributed by atoms with E-state index in [1.807, 2.05) is 24.3 Å². The molecule has 0 unspecified atom stereocenters. The molecule has 0 aliphatic carbocycles. The summed E-state index contributed by atoms with van der Waals surface area (Å²) < 4.78 is 0. The lowest BCUT2D eigenvalue weighted by Gasteiger charge is -2.34. The Balaban J connectivity index is 2.00. The van der Waals surface area contributed by atoms with Gasteiger partial charge in [0.1, 0.15) is 0 Å². The smallest absolute Gasteiger partial charge is 0.265 e. The van der Waals surface area contributed by atoms with E-state index in [1.54, 1.807) is 0 Å². The highest BCUT2D eigenvalue weighted by Crippen LogP contribution is 2.16. The number of carbonyl (C=O) groups is 1. The van der Waals surface area contributed by atoms with Crippen molar-refractivity contribution < 1.29 is 4.79 Å². The zero-order valence-corrected chi connectivity index (χ0v) is 12.8. The molecule has 5 nitrogen and oxygen atoms in total. The number of nitrogen functional groups attached to an aromatic ring is 1. The largest absolute Gasteiger partial charge is 0.317 e. The first-order valence-corrected chi connectivity index (χ1v) is 7.79. The van der Waals surface area contributed by atoms with Crippen LogP contribution in [0.25, 0.3) is 0 Å². The molecule has 21 heavy (non-hydrogen) atoms. The molecular weight excluding hydrogens is 264 g/mol. The van der Waals surface area contributed by atoms with Crippen LogP contribution in [0.15, 0.2) is 24.3 Å². The van der Waals surface area contributed by atoms with Crippen molar-refractivity contribution in [1.82, 2.24) is 15.6 Å². The standard InChI is InChI=1S/C16H26N4O/c1-2-11-20(15-7-9-18-10-8-15)12-13-3-5-14(6-4-13)16(21)19-17/h3-6,15,18H,2,7-12,17H2,1H3,(H,19,21). The SMILES string of the molecule is CCCN(Cc1ccc(C(=O)NN)cc1)C1CCNCC1. The first-order valence-electron chi connectivity index (χ1n) is 7.79. The van der Waals surface area contributed by atoms with Crippen LogP contribution in [0.1, 0.15) is 42.1 Å². The zero-order chi connectivity index (χ0) is 15.1. The molecule has 0 atom stereocenters. The lowest BCUT2D eigenvalue weighted by molar-refractivity contribution is 0.0953. The number of rotatable bonds is 6. The Labute approximate surface area is 126 Å². The lowest BCUT2D eigenvalue weighted by atomic mass is 10.0. The van der Waals surface area contributed by atoms with Crippen molar-refractivity contribution in [3.63, 3.8) is 0 Å². The Morgan fingerprint density at radius 2 is 2.00 bits per heavy atom.